The standard InChI is InChI=1S/C21H24N2O3.ClH/c1-4-26-19-10-14(2)12-23-20(15(3)22-21(19)23)18(25)11-17(13-24)16-8-6-5-7-9-16;/h5-10,12,17,24H,4,11,13H2,1-3H3;1H/t17-;/m0./s1. The molecule has 1 atom stereocenters. The molecular weight excluding hydrogens is 364 g/mol. The molecule has 0 bridgehead atoms. The molecule has 6 heteroatoms. The van der Waals surface area contributed by atoms with Crippen molar-refractivity contribution >= 4 is 23.8 Å². The number of ether oxygens (including phenoxy) is 1. The molecule has 144 valence electrons. The smallest absolute Gasteiger partial charge is 0.182 e. The van der Waals surface area contributed by atoms with Gasteiger partial charge in [0.05, 0.1) is 18.9 Å². The van der Waals surface area contributed by atoms with Crippen LogP contribution in [0, 0.1) is 13.8 Å². The minimum Gasteiger partial charge on any atom is -0.490 e. The lowest BCUT2D eigenvalue weighted by Gasteiger charge is -2.14. The van der Waals surface area contributed by atoms with E-state index in [1.807, 2.05) is 67.8 Å². The summed E-state index contributed by atoms with van der Waals surface area (Å²) in [5.74, 6) is 0.409. The summed E-state index contributed by atoms with van der Waals surface area (Å²) in [6, 6.07) is 11.6. The molecule has 27 heavy (non-hydrogen) atoms. The fourth-order valence-electron chi connectivity index (χ4n) is 3.29. The third-order valence-electron chi connectivity index (χ3n) is 4.48. The van der Waals surface area contributed by atoms with E-state index in [0.29, 0.717) is 29.4 Å². The molecule has 0 aliphatic heterocycles. The number of pyridine rings is 1. The highest BCUT2D eigenvalue weighted by Gasteiger charge is 2.23. The topological polar surface area (TPSA) is 63.8 Å². The van der Waals surface area contributed by atoms with Crippen LogP contribution in [0.2, 0.25) is 0 Å². The zero-order valence-electron chi connectivity index (χ0n) is 15.8. The number of imidazole rings is 1. The Morgan fingerprint density at radius 2 is 1.96 bits per heavy atom. The Labute approximate surface area is 165 Å². The second kappa shape index (κ2) is 9.02. The highest BCUT2D eigenvalue weighted by molar-refractivity contribution is 5.97. The number of carbonyl (C=O) groups is 1. The van der Waals surface area contributed by atoms with Crippen molar-refractivity contribution in [1.82, 2.24) is 9.38 Å². The quantitative estimate of drug-likeness (QED) is 0.618. The van der Waals surface area contributed by atoms with Crippen LogP contribution < -0.4 is 4.74 Å². The fraction of sp³-hybridized carbons (Fsp3) is 0.333. The molecule has 1 N–H and O–H groups in total. The summed E-state index contributed by atoms with van der Waals surface area (Å²) in [6.45, 7) is 6.18. The van der Waals surface area contributed by atoms with E-state index in [0.717, 1.165) is 11.1 Å². The summed E-state index contributed by atoms with van der Waals surface area (Å²) in [7, 11) is 0. The van der Waals surface area contributed by atoms with E-state index in [1.165, 1.54) is 0 Å². The van der Waals surface area contributed by atoms with Crippen LogP contribution in [0.25, 0.3) is 5.65 Å². The van der Waals surface area contributed by atoms with Crippen molar-refractivity contribution in [2.24, 2.45) is 0 Å². The number of aliphatic hydroxyl groups is 1. The molecular formula is C21H25ClN2O3. The van der Waals surface area contributed by atoms with Gasteiger partial charge in [-0.15, -0.1) is 12.4 Å². The van der Waals surface area contributed by atoms with Crippen molar-refractivity contribution in [3.05, 3.63) is 65.1 Å². The van der Waals surface area contributed by atoms with Crippen LogP contribution in [0.3, 0.4) is 0 Å². The molecule has 3 aromatic rings. The number of hydrogen-bond donors (Lipinski definition) is 1. The molecule has 0 saturated carbocycles. The third kappa shape index (κ3) is 4.31. The van der Waals surface area contributed by atoms with Crippen molar-refractivity contribution in [2.75, 3.05) is 13.2 Å². The number of hydrogen-bond acceptors (Lipinski definition) is 4. The zero-order valence-corrected chi connectivity index (χ0v) is 16.6. The van der Waals surface area contributed by atoms with Gasteiger partial charge < -0.3 is 9.84 Å². The summed E-state index contributed by atoms with van der Waals surface area (Å²) >= 11 is 0. The van der Waals surface area contributed by atoms with Gasteiger partial charge in [-0.1, -0.05) is 30.3 Å². The van der Waals surface area contributed by atoms with Crippen LogP contribution in [-0.2, 0) is 0 Å². The van der Waals surface area contributed by atoms with Crippen LogP contribution in [0.1, 0.15) is 46.6 Å². The lowest BCUT2D eigenvalue weighted by Crippen LogP contribution is -2.14. The molecule has 2 heterocycles. The molecule has 0 radical (unpaired) electrons. The second-order valence-electron chi connectivity index (χ2n) is 6.47. The molecule has 0 amide bonds. The number of nitrogens with zero attached hydrogens (tertiary/aromatic N) is 2. The maximum Gasteiger partial charge on any atom is 0.182 e. The van der Waals surface area contributed by atoms with Gasteiger partial charge >= 0.3 is 0 Å². The first-order chi connectivity index (χ1) is 12.5. The Hall–Kier alpha value is -2.37. The van der Waals surface area contributed by atoms with Gasteiger partial charge in [-0.05, 0) is 38.0 Å². The highest BCUT2D eigenvalue weighted by atomic mass is 35.5. The third-order valence-corrected chi connectivity index (χ3v) is 4.48. The fourth-order valence-corrected chi connectivity index (χ4v) is 3.29. The molecule has 0 aliphatic rings. The van der Waals surface area contributed by atoms with E-state index in [2.05, 4.69) is 4.98 Å². The molecule has 0 saturated heterocycles. The predicted molar refractivity (Wildman–Crippen MR) is 108 cm³/mol. The van der Waals surface area contributed by atoms with Gasteiger partial charge in [-0.25, -0.2) is 4.98 Å². The van der Waals surface area contributed by atoms with Crippen LogP contribution in [0.4, 0.5) is 0 Å². The highest BCUT2D eigenvalue weighted by Crippen LogP contribution is 2.27. The Morgan fingerprint density at radius 1 is 1.26 bits per heavy atom. The number of carbonyl (C=O) groups excluding carboxylic acids is 1. The van der Waals surface area contributed by atoms with Crippen LogP contribution in [0.5, 0.6) is 5.75 Å². The Kier molecular flexibility index (Phi) is 6.99. The van der Waals surface area contributed by atoms with Crippen LogP contribution in [-0.4, -0.2) is 33.5 Å². The van der Waals surface area contributed by atoms with E-state index in [4.69, 9.17) is 4.74 Å². The second-order valence-corrected chi connectivity index (χ2v) is 6.47. The molecule has 2 aromatic heterocycles. The minimum atomic E-state index is -0.232. The summed E-state index contributed by atoms with van der Waals surface area (Å²) in [5.41, 5.74) is 3.83. The first-order valence-corrected chi connectivity index (χ1v) is 8.86. The molecule has 5 nitrogen and oxygen atoms in total. The molecule has 3 rings (SSSR count). The number of rotatable bonds is 7. The first-order valence-electron chi connectivity index (χ1n) is 8.86. The Morgan fingerprint density at radius 3 is 2.59 bits per heavy atom. The number of fused-ring (bicyclic) bond motifs is 1. The summed E-state index contributed by atoms with van der Waals surface area (Å²) in [4.78, 5) is 17.6. The molecule has 0 fully saturated rings. The van der Waals surface area contributed by atoms with E-state index in [1.54, 1.807) is 0 Å². The maximum absolute atomic E-state index is 13.1. The maximum atomic E-state index is 13.1. The van der Waals surface area contributed by atoms with Gasteiger partial charge in [0, 0.05) is 18.5 Å². The minimum absolute atomic E-state index is 0. The monoisotopic (exact) mass is 388 g/mol. The largest absolute Gasteiger partial charge is 0.490 e. The number of Topliss-reactive ketones (excluding diaryl/α,β-unsaturated/α-hetero) is 1. The van der Waals surface area contributed by atoms with Crippen molar-refractivity contribution < 1.29 is 14.6 Å². The van der Waals surface area contributed by atoms with Crippen LogP contribution in [0.15, 0.2) is 42.6 Å². The number of aromatic nitrogens is 2. The van der Waals surface area contributed by atoms with Crippen molar-refractivity contribution in [3.63, 3.8) is 0 Å². The molecule has 0 aliphatic carbocycles. The first kappa shape index (κ1) is 20.9. The van der Waals surface area contributed by atoms with E-state index in [-0.39, 0.29) is 37.1 Å². The van der Waals surface area contributed by atoms with Gasteiger partial charge in [-0.3, -0.25) is 9.20 Å². The van der Waals surface area contributed by atoms with Crippen molar-refractivity contribution in [3.8, 4) is 5.75 Å². The summed E-state index contributed by atoms with van der Waals surface area (Å²) in [5, 5.41) is 9.77. The predicted octanol–water partition coefficient (Wildman–Crippen LogP) is 4.12. The number of aryl methyl sites for hydroxylation is 2. The van der Waals surface area contributed by atoms with E-state index in [9.17, 15) is 9.90 Å². The van der Waals surface area contributed by atoms with E-state index >= 15 is 0 Å². The molecule has 0 unspecified atom stereocenters. The SMILES string of the molecule is CCOc1cc(C)cn2c(C(=O)C[C@@H](CO)c3ccccc3)c(C)nc12.Cl. The van der Waals surface area contributed by atoms with Crippen molar-refractivity contribution in [1.29, 1.82) is 0 Å². The van der Waals surface area contributed by atoms with Gasteiger partial charge in [0.25, 0.3) is 0 Å². The Balaban J connectivity index is 0.00000261. The lowest BCUT2D eigenvalue weighted by atomic mass is 9.93. The van der Waals surface area contributed by atoms with Gasteiger partial charge in [-0.2, -0.15) is 0 Å². The number of benzene rings is 1. The average molecular weight is 389 g/mol. The number of halogens is 1. The summed E-state index contributed by atoms with van der Waals surface area (Å²) in [6.07, 6.45) is 2.13. The van der Waals surface area contributed by atoms with Gasteiger partial charge in [0.1, 0.15) is 5.69 Å². The average Bonchev–Trinajstić information content (AvgIpc) is 2.96. The zero-order chi connectivity index (χ0) is 18.7. The van der Waals surface area contributed by atoms with E-state index < -0.39 is 0 Å². The number of ketones is 1. The normalized spacial score (nSPS) is 11.9. The van der Waals surface area contributed by atoms with Crippen molar-refractivity contribution in [2.45, 2.75) is 33.1 Å². The van der Waals surface area contributed by atoms with Gasteiger partial charge in [0.15, 0.2) is 17.2 Å². The van der Waals surface area contributed by atoms with Crippen LogP contribution >= 0.6 is 12.4 Å². The van der Waals surface area contributed by atoms with Gasteiger partial charge in [0.2, 0.25) is 0 Å². The summed E-state index contributed by atoms with van der Waals surface area (Å²) < 4.78 is 7.50. The Bertz CT molecular complexity index is 922. The molecule has 1 aromatic carbocycles. The molecule has 0 spiro atoms. The lowest BCUT2D eigenvalue weighted by molar-refractivity contribution is 0.0953. The number of aliphatic hydroxyl groups excluding tert-OH is 1.